The summed E-state index contributed by atoms with van der Waals surface area (Å²) in [5.74, 6) is 4.82. The highest BCUT2D eigenvalue weighted by Gasteiger charge is 2.09. The number of fused-ring (bicyclic) bond motifs is 1. The Kier molecular flexibility index (Phi) is 2.94. The Morgan fingerprint density at radius 3 is 2.74 bits per heavy atom. The van der Waals surface area contributed by atoms with Crippen LogP contribution >= 0.6 is 11.3 Å². The van der Waals surface area contributed by atoms with E-state index in [9.17, 15) is 4.79 Å². The molecular formula is C13H10N4OS. The van der Waals surface area contributed by atoms with Gasteiger partial charge in [-0.3, -0.25) is 15.2 Å². The lowest BCUT2D eigenvalue weighted by atomic mass is 10.2. The molecule has 0 radical (unpaired) electrons. The third-order valence-electron chi connectivity index (χ3n) is 2.71. The van der Waals surface area contributed by atoms with Crippen molar-refractivity contribution < 1.29 is 4.79 Å². The predicted octanol–water partition coefficient (Wildman–Crippen LogP) is 1.96. The fourth-order valence-corrected chi connectivity index (χ4v) is 2.78. The third kappa shape index (κ3) is 2.18. The first kappa shape index (κ1) is 11.8. The number of benzene rings is 1. The molecule has 0 unspecified atom stereocenters. The van der Waals surface area contributed by atoms with Crippen LogP contribution in [0.2, 0.25) is 0 Å². The number of thiazole rings is 1. The molecular weight excluding hydrogens is 260 g/mol. The Morgan fingerprint density at radius 2 is 2.00 bits per heavy atom. The van der Waals surface area contributed by atoms with Gasteiger partial charge in [0.1, 0.15) is 5.01 Å². The van der Waals surface area contributed by atoms with Crippen molar-refractivity contribution in [1.29, 1.82) is 0 Å². The topological polar surface area (TPSA) is 80.9 Å². The maximum atomic E-state index is 11.5. The van der Waals surface area contributed by atoms with Crippen LogP contribution in [0.1, 0.15) is 10.4 Å². The van der Waals surface area contributed by atoms with Crippen LogP contribution < -0.4 is 11.3 Å². The zero-order valence-electron chi connectivity index (χ0n) is 9.83. The molecule has 3 rings (SSSR count). The third-order valence-corrected chi connectivity index (χ3v) is 3.78. The smallest absolute Gasteiger partial charge is 0.265 e. The van der Waals surface area contributed by atoms with Gasteiger partial charge in [-0.1, -0.05) is 0 Å². The normalized spacial score (nSPS) is 10.6. The van der Waals surface area contributed by atoms with Gasteiger partial charge < -0.3 is 0 Å². The molecule has 1 aromatic carbocycles. The Balaban J connectivity index is 2.09. The summed E-state index contributed by atoms with van der Waals surface area (Å²) in [4.78, 5) is 20.0. The Labute approximate surface area is 113 Å². The van der Waals surface area contributed by atoms with Crippen LogP contribution in [-0.4, -0.2) is 15.9 Å². The van der Waals surface area contributed by atoms with Crippen LogP contribution in [0.3, 0.4) is 0 Å². The van der Waals surface area contributed by atoms with Crippen LogP contribution in [0.25, 0.3) is 20.8 Å². The van der Waals surface area contributed by atoms with E-state index >= 15 is 0 Å². The minimum atomic E-state index is -0.305. The number of amides is 1. The highest BCUT2D eigenvalue weighted by atomic mass is 32.1. The van der Waals surface area contributed by atoms with Crippen molar-refractivity contribution in [3.8, 4) is 10.6 Å². The quantitative estimate of drug-likeness (QED) is 0.424. The number of rotatable bonds is 2. The van der Waals surface area contributed by atoms with Crippen LogP contribution in [-0.2, 0) is 0 Å². The first-order chi connectivity index (χ1) is 9.28. The molecule has 5 nitrogen and oxygen atoms in total. The molecule has 2 heterocycles. The van der Waals surface area contributed by atoms with E-state index in [2.05, 4.69) is 15.4 Å². The van der Waals surface area contributed by atoms with E-state index in [0.717, 1.165) is 20.8 Å². The van der Waals surface area contributed by atoms with Crippen molar-refractivity contribution >= 4 is 27.5 Å². The Bertz CT molecular complexity index is 739. The molecule has 1 amide bonds. The minimum Gasteiger partial charge on any atom is -0.290 e. The monoisotopic (exact) mass is 270 g/mol. The second-order valence-corrected chi connectivity index (χ2v) is 4.94. The maximum absolute atomic E-state index is 11.5. The lowest BCUT2D eigenvalue weighted by molar-refractivity contribution is 0.0954. The molecule has 0 saturated heterocycles. The first-order valence-corrected chi connectivity index (χ1v) is 6.41. The summed E-state index contributed by atoms with van der Waals surface area (Å²) in [7, 11) is 0. The number of nitrogen functional groups attached to an aromatic ring is 1. The van der Waals surface area contributed by atoms with E-state index in [4.69, 9.17) is 5.84 Å². The molecule has 94 valence electrons. The molecule has 0 spiro atoms. The van der Waals surface area contributed by atoms with Gasteiger partial charge in [0.2, 0.25) is 0 Å². The van der Waals surface area contributed by atoms with Crippen molar-refractivity contribution in [2.75, 3.05) is 0 Å². The van der Waals surface area contributed by atoms with Crippen LogP contribution in [0.4, 0.5) is 0 Å². The summed E-state index contributed by atoms with van der Waals surface area (Å²) in [6.45, 7) is 0. The molecule has 0 fully saturated rings. The van der Waals surface area contributed by atoms with Crippen molar-refractivity contribution in [1.82, 2.24) is 15.4 Å². The number of carbonyl (C=O) groups is 1. The molecule has 2 aromatic heterocycles. The van der Waals surface area contributed by atoms with Crippen molar-refractivity contribution in [3.05, 3.63) is 48.3 Å². The van der Waals surface area contributed by atoms with Crippen LogP contribution in [0, 0.1) is 0 Å². The summed E-state index contributed by atoms with van der Waals surface area (Å²) in [6.07, 6.45) is 3.46. The molecule has 3 aromatic rings. The Hall–Kier alpha value is -2.31. The van der Waals surface area contributed by atoms with Crippen LogP contribution in [0.15, 0.2) is 42.7 Å². The van der Waals surface area contributed by atoms with Crippen molar-refractivity contribution in [2.45, 2.75) is 0 Å². The number of hydrazine groups is 1. The van der Waals surface area contributed by atoms with Crippen LogP contribution in [0.5, 0.6) is 0 Å². The second-order valence-electron chi connectivity index (χ2n) is 3.91. The zero-order valence-corrected chi connectivity index (χ0v) is 10.6. The molecule has 19 heavy (non-hydrogen) atoms. The molecule has 6 heteroatoms. The fourth-order valence-electron chi connectivity index (χ4n) is 1.77. The fraction of sp³-hybridized carbons (Fsp3) is 0. The average molecular weight is 270 g/mol. The van der Waals surface area contributed by atoms with Gasteiger partial charge in [-0.05, 0) is 30.3 Å². The number of nitrogens with two attached hydrogens (primary N) is 1. The van der Waals surface area contributed by atoms with Gasteiger partial charge in [0.15, 0.2) is 0 Å². The van der Waals surface area contributed by atoms with Gasteiger partial charge in [0, 0.05) is 23.5 Å². The summed E-state index contributed by atoms with van der Waals surface area (Å²) in [6, 6.07) is 9.14. The van der Waals surface area contributed by atoms with E-state index in [1.165, 1.54) is 11.3 Å². The van der Waals surface area contributed by atoms with Gasteiger partial charge in [-0.2, -0.15) is 0 Å². The predicted molar refractivity (Wildman–Crippen MR) is 74.5 cm³/mol. The molecule has 0 aliphatic heterocycles. The number of nitrogens with one attached hydrogen (secondary N) is 1. The molecule has 3 N–H and O–H groups in total. The summed E-state index contributed by atoms with van der Waals surface area (Å²) >= 11 is 1.53. The molecule has 0 atom stereocenters. The highest BCUT2D eigenvalue weighted by Crippen LogP contribution is 2.30. The molecule has 0 saturated carbocycles. The van der Waals surface area contributed by atoms with E-state index in [-0.39, 0.29) is 5.91 Å². The second kappa shape index (κ2) is 4.75. The zero-order chi connectivity index (χ0) is 13.2. The summed E-state index contributed by atoms with van der Waals surface area (Å²) in [5, 5.41) is 0.905. The highest BCUT2D eigenvalue weighted by molar-refractivity contribution is 7.21. The van der Waals surface area contributed by atoms with Gasteiger partial charge >= 0.3 is 0 Å². The molecule has 0 aliphatic carbocycles. The number of carbonyl (C=O) groups excluding carboxylic acids is 1. The lowest BCUT2D eigenvalue weighted by Gasteiger charge is -1.97. The van der Waals surface area contributed by atoms with Crippen molar-refractivity contribution in [3.63, 3.8) is 0 Å². The average Bonchev–Trinajstić information content (AvgIpc) is 2.90. The van der Waals surface area contributed by atoms with E-state index in [1.807, 2.05) is 18.2 Å². The van der Waals surface area contributed by atoms with Gasteiger partial charge in [-0.25, -0.2) is 10.8 Å². The van der Waals surface area contributed by atoms with Gasteiger partial charge in [-0.15, -0.1) is 11.3 Å². The number of aromatic nitrogens is 2. The van der Waals surface area contributed by atoms with Gasteiger partial charge in [0.05, 0.1) is 10.2 Å². The van der Waals surface area contributed by atoms with Gasteiger partial charge in [0.25, 0.3) is 5.91 Å². The maximum Gasteiger partial charge on any atom is 0.265 e. The van der Waals surface area contributed by atoms with E-state index in [0.29, 0.717) is 5.56 Å². The lowest BCUT2D eigenvalue weighted by Crippen LogP contribution is -2.29. The Morgan fingerprint density at radius 1 is 1.21 bits per heavy atom. The number of pyridine rings is 1. The number of nitrogens with zero attached hydrogens (tertiary/aromatic N) is 2. The first-order valence-electron chi connectivity index (χ1n) is 5.60. The molecule has 0 bridgehead atoms. The van der Waals surface area contributed by atoms with Crippen molar-refractivity contribution in [2.24, 2.45) is 5.84 Å². The minimum absolute atomic E-state index is 0.305. The van der Waals surface area contributed by atoms with E-state index < -0.39 is 0 Å². The number of hydrogen-bond donors (Lipinski definition) is 2. The number of hydrogen-bond acceptors (Lipinski definition) is 5. The van der Waals surface area contributed by atoms with E-state index in [1.54, 1.807) is 24.5 Å². The molecule has 0 aliphatic rings. The standard InChI is InChI=1S/C13H10N4OS/c14-17-12(18)9-1-2-10-11(7-9)19-13(16-10)8-3-5-15-6-4-8/h1-7H,14H2,(H,17,18). The SMILES string of the molecule is NNC(=O)c1ccc2nc(-c3ccncc3)sc2c1. The summed E-state index contributed by atoms with van der Waals surface area (Å²) < 4.78 is 0.952. The summed E-state index contributed by atoms with van der Waals surface area (Å²) in [5.41, 5.74) is 4.53. The largest absolute Gasteiger partial charge is 0.290 e.